The molecule has 2 aromatic heterocycles. The molecule has 6 rings (SSSR count). The monoisotopic (exact) mass is 698 g/mol. The Hall–Kier alpha value is -5.19. The highest BCUT2D eigenvalue weighted by atomic mass is 19.4. The molecule has 1 fully saturated rings. The van der Waals surface area contributed by atoms with Crippen molar-refractivity contribution >= 4 is 39.4 Å². The van der Waals surface area contributed by atoms with Crippen molar-refractivity contribution in [2.45, 2.75) is 25.1 Å². The molecule has 1 N–H and O–H groups in total. The molecule has 258 valence electrons. The van der Waals surface area contributed by atoms with Gasteiger partial charge in [-0.2, -0.15) is 44.2 Å². The lowest BCUT2D eigenvalue weighted by Gasteiger charge is -2.36. The van der Waals surface area contributed by atoms with E-state index in [1.807, 2.05) is 24.3 Å². The van der Waals surface area contributed by atoms with Gasteiger partial charge in [-0.25, -0.2) is 9.59 Å². The van der Waals surface area contributed by atoms with Crippen molar-refractivity contribution in [2.24, 2.45) is 0 Å². The molecule has 1 aliphatic heterocycles. The summed E-state index contributed by atoms with van der Waals surface area (Å²) < 4.78 is 125. The van der Waals surface area contributed by atoms with Crippen molar-refractivity contribution < 1.29 is 58.7 Å². The summed E-state index contributed by atoms with van der Waals surface area (Å²) in [6.07, 6.45) is -14.0. The van der Waals surface area contributed by atoms with E-state index in [1.54, 1.807) is 11.1 Å². The number of benzene rings is 3. The van der Waals surface area contributed by atoms with Crippen molar-refractivity contribution in [3.8, 4) is 16.9 Å². The van der Waals surface area contributed by atoms with Gasteiger partial charge in [0.2, 0.25) is 0 Å². The summed E-state index contributed by atoms with van der Waals surface area (Å²) in [5.41, 5.74) is -0.182. The SMILES string of the molecule is O=C(Oc1cccc2c1c(-c1ccc(C(F)(F)F)cc1)c(CN1CCN(c3cccc4[nH]ccc34)CC1)n2OC(=O)C(F)(F)F)C(F)(F)F. The lowest BCUT2D eigenvalue weighted by Crippen LogP contribution is -2.46. The van der Waals surface area contributed by atoms with Crippen LogP contribution in [0, 0.1) is 0 Å². The van der Waals surface area contributed by atoms with Gasteiger partial charge in [0.25, 0.3) is 0 Å². The second-order valence-corrected chi connectivity index (χ2v) is 11.1. The number of ether oxygens (including phenoxy) is 1. The number of aromatic nitrogens is 2. The Labute approximate surface area is 270 Å². The lowest BCUT2D eigenvalue weighted by molar-refractivity contribution is -0.199. The number of hydrogen-bond donors (Lipinski definition) is 1. The van der Waals surface area contributed by atoms with Crippen LogP contribution < -0.4 is 14.5 Å². The third kappa shape index (κ3) is 6.75. The third-order valence-electron chi connectivity index (χ3n) is 8.01. The minimum atomic E-state index is -5.51. The van der Waals surface area contributed by atoms with Crippen LogP contribution >= 0.6 is 0 Å². The summed E-state index contributed by atoms with van der Waals surface area (Å²) in [5.74, 6) is -6.11. The first kappa shape index (κ1) is 33.7. The summed E-state index contributed by atoms with van der Waals surface area (Å²) in [7, 11) is 0. The molecule has 3 heterocycles. The second-order valence-electron chi connectivity index (χ2n) is 11.1. The predicted molar refractivity (Wildman–Crippen MR) is 157 cm³/mol. The number of rotatable bonds is 6. The normalized spacial score (nSPS) is 14.8. The largest absolute Gasteiger partial charge is 0.493 e. The molecule has 0 aliphatic carbocycles. The van der Waals surface area contributed by atoms with Crippen LogP contribution in [0.3, 0.4) is 0 Å². The molecule has 0 saturated carbocycles. The summed E-state index contributed by atoms with van der Waals surface area (Å²) in [5, 5.41) is 0.559. The fraction of sp³-hybridized carbons (Fsp3) is 0.250. The molecule has 0 spiro atoms. The van der Waals surface area contributed by atoms with Crippen molar-refractivity contribution in [1.82, 2.24) is 14.6 Å². The molecule has 0 amide bonds. The van der Waals surface area contributed by atoms with Crippen molar-refractivity contribution in [2.75, 3.05) is 31.1 Å². The number of alkyl halides is 9. The number of halogens is 9. The van der Waals surface area contributed by atoms with Crippen LogP contribution in [-0.2, 0) is 22.3 Å². The fourth-order valence-electron chi connectivity index (χ4n) is 5.80. The van der Waals surface area contributed by atoms with Crippen LogP contribution in [0.4, 0.5) is 45.2 Å². The van der Waals surface area contributed by atoms with Gasteiger partial charge in [-0.05, 0) is 48.0 Å². The molecule has 49 heavy (non-hydrogen) atoms. The summed E-state index contributed by atoms with van der Waals surface area (Å²) in [6, 6.07) is 14.0. The van der Waals surface area contributed by atoms with Gasteiger partial charge in [0.15, 0.2) is 0 Å². The van der Waals surface area contributed by atoms with Crippen molar-refractivity contribution in [1.29, 1.82) is 0 Å². The molecule has 1 saturated heterocycles. The van der Waals surface area contributed by atoms with E-state index in [2.05, 4.69) is 14.6 Å². The van der Waals surface area contributed by atoms with Crippen LogP contribution in [0.2, 0.25) is 0 Å². The number of carbonyl (C=O) groups is 2. The van der Waals surface area contributed by atoms with Gasteiger partial charge in [0.05, 0.1) is 22.2 Å². The number of nitrogens with one attached hydrogen (secondary N) is 1. The molecular weight excluding hydrogens is 675 g/mol. The summed E-state index contributed by atoms with van der Waals surface area (Å²) in [6.45, 7) is 1.19. The molecule has 8 nitrogen and oxygen atoms in total. The average Bonchev–Trinajstić information content (AvgIpc) is 3.64. The zero-order chi connectivity index (χ0) is 35.3. The van der Waals surface area contributed by atoms with E-state index in [1.165, 1.54) is 0 Å². The van der Waals surface area contributed by atoms with Gasteiger partial charge in [0.1, 0.15) is 5.75 Å². The highest BCUT2D eigenvalue weighted by molar-refractivity contribution is 6.03. The molecule has 0 unspecified atom stereocenters. The minimum Gasteiger partial charge on any atom is -0.419 e. The molecule has 17 heteroatoms. The molecule has 0 radical (unpaired) electrons. The van der Waals surface area contributed by atoms with E-state index in [9.17, 15) is 49.1 Å². The van der Waals surface area contributed by atoms with E-state index in [4.69, 9.17) is 4.84 Å². The first-order chi connectivity index (χ1) is 23.0. The highest BCUT2D eigenvalue weighted by Crippen LogP contribution is 2.42. The maximum absolute atomic E-state index is 13.5. The summed E-state index contributed by atoms with van der Waals surface area (Å²) >= 11 is 0. The Morgan fingerprint density at radius 2 is 1.41 bits per heavy atom. The number of piperazine rings is 1. The average molecular weight is 699 g/mol. The molecule has 3 aromatic carbocycles. The number of anilines is 1. The van der Waals surface area contributed by atoms with E-state index in [-0.39, 0.29) is 23.4 Å². The van der Waals surface area contributed by atoms with Crippen molar-refractivity contribution in [3.63, 3.8) is 0 Å². The van der Waals surface area contributed by atoms with Crippen LogP contribution in [-0.4, -0.2) is 65.1 Å². The minimum absolute atomic E-state index is 0.0944. The van der Waals surface area contributed by atoms with E-state index >= 15 is 0 Å². The topological polar surface area (TPSA) is 79.8 Å². The van der Waals surface area contributed by atoms with Gasteiger partial charge in [-0.15, -0.1) is 0 Å². The van der Waals surface area contributed by atoms with E-state index < -0.39 is 52.7 Å². The van der Waals surface area contributed by atoms with Gasteiger partial charge in [-0.3, -0.25) is 4.90 Å². The third-order valence-corrected chi connectivity index (χ3v) is 8.01. The van der Waals surface area contributed by atoms with Crippen molar-refractivity contribution in [3.05, 3.63) is 84.2 Å². The smallest absolute Gasteiger partial charge is 0.419 e. The molecule has 0 atom stereocenters. The first-order valence-electron chi connectivity index (χ1n) is 14.5. The zero-order valence-electron chi connectivity index (χ0n) is 24.8. The van der Waals surface area contributed by atoms with Crippen LogP contribution in [0.5, 0.6) is 5.75 Å². The Bertz CT molecular complexity index is 2020. The van der Waals surface area contributed by atoms with Gasteiger partial charge in [0, 0.05) is 61.1 Å². The second kappa shape index (κ2) is 12.4. The van der Waals surface area contributed by atoms with Gasteiger partial charge < -0.3 is 19.5 Å². The molecular formula is C32H23F9N4O4. The Kier molecular flexibility index (Phi) is 8.50. The number of H-pyrrole nitrogens is 1. The Morgan fingerprint density at radius 1 is 0.755 bits per heavy atom. The van der Waals surface area contributed by atoms with Gasteiger partial charge >= 0.3 is 30.5 Å². The van der Waals surface area contributed by atoms with Crippen LogP contribution in [0.15, 0.2) is 72.9 Å². The number of fused-ring (bicyclic) bond motifs is 2. The number of nitrogens with zero attached hydrogens (tertiary/aromatic N) is 3. The molecule has 5 aromatic rings. The molecule has 0 bridgehead atoms. The maximum atomic E-state index is 13.5. The maximum Gasteiger partial charge on any atom is 0.493 e. The molecule has 1 aliphatic rings. The predicted octanol–water partition coefficient (Wildman–Crippen LogP) is 7.12. The summed E-state index contributed by atoms with van der Waals surface area (Å²) in [4.78, 5) is 35.8. The Balaban J connectivity index is 1.46. The number of aromatic amines is 1. The number of carbonyl (C=O) groups excluding carboxylic acids is 2. The van der Waals surface area contributed by atoms with E-state index in [0.29, 0.717) is 43.0 Å². The fourth-order valence-corrected chi connectivity index (χ4v) is 5.80. The van der Waals surface area contributed by atoms with Crippen LogP contribution in [0.25, 0.3) is 32.9 Å². The van der Waals surface area contributed by atoms with Gasteiger partial charge in [-0.1, -0.05) is 24.3 Å². The van der Waals surface area contributed by atoms with E-state index in [0.717, 1.165) is 46.9 Å². The standard InChI is InChI=1S/C32H23F9N4O4/c33-30(34,35)19-9-7-18(8-10-19)26-24(17-43-13-15-44(16-14-43)22-4-1-3-21-20(22)11-12-42-21)45(49-29(47)32(39,40)41)23-5-2-6-25(27(23)26)48-28(46)31(36,37)38/h1-12,42H,13-17H2. The quantitative estimate of drug-likeness (QED) is 0.116. The highest BCUT2D eigenvalue weighted by Gasteiger charge is 2.44. The zero-order valence-corrected chi connectivity index (χ0v) is 24.8. The Morgan fingerprint density at radius 3 is 2.04 bits per heavy atom. The van der Waals surface area contributed by atoms with Crippen LogP contribution in [0.1, 0.15) is 11.3 Å². The lowest BCUT2D eigenvalue weighted by atomic mass is 9.99. The number of esters is 1. The first-order valence-corrected chi connectivity index (χ1v) is 14.5. The number of hydrogen-bond acceptors (Lipinski definition) is 6.